The zero-order chi connectivity index (χ0) is 14.7. The van der Waals surface area contributed by atoms with Crippen molar-refractivity contribution in [3.8, 4) is 0 Å². The summed E-state index contributed by atoms with van der Waals surface area (Å²) in [7, 11) is 0. The third kappa shape index (κ3) is 2.95. The number of aliphatic hydroxyl groups excluding tert-OH is 1. The Morgan fingerprint density at radius 2 is 2.29 bits per heavy atom. The van der Waals surface area contributed by atoms with Crippen molar-refractivity contribution >= 4 is 5.91 Å². The number of nitrogens with zero attached hydrogens (tertiary/aromatic N) is 2. The van der Waals surface area contributed by atoms with E-state index in [1.807, 2.05) is 18.2 Å². The summed E-state index contributed by atoms with van der Waals surface area (Å²) in [6, 6.07) is 8.09. The number of nitrogens with one attached hydrogen (secondary N) is 1. The molecule has 0 saturated heterocycles. The van der Waals surface area contributed by atoms with Crippen molar-refractivity contribution in [3.05, 3.63) is 47.1 Å². The predicted molar refractivity (Wildman–Crippen MR) is 74.4 cm³/mol. The Morgan fingerprint density at radius 1 is 1.43 bits per heavy atom. The first-order valence-corrected chi connectivity index (χ1v) is 7.06. The summed E-state index contributed by atoms with van der Waals surface area (Å²) < 4.78 is 4.79. The minimum absolute atomic E-state index is 0.0471. The average molecular weight is 287 g/mol. The molecule has 0 saturated carbocycles. The highest BCUT2D eigenvalue weighted by molar-refractivity contribution is 5.84. The van der Waals surface area contributed by atoms with Crippen LogP contribution in [0.4, 0.5) is 0 Å². The van der Waals surface area contributed by atoms with Gasteiger partial charge in [-0.3, -0.25) is 4.79 Å². The van der Waals surface area contributed by atoms with Crippen LogP contribution in [0.2, 0.25) is 0 Å². The highest BCUT2D eigenvalue weighted by Crippen LogP contribution is 2.32. The van der Waals surface area contributed by atoms with E-state index in [0.717, 1.165) is 18.4 Å². The molecular formula is C15H17N3O3. The van der Waals surface area contributed by atoms with E-state index in [1.165, 1.54) is 5.56 Å². The van der Waals surface area contributed by atoms with Crippen molar-refractivity contribution in [2.24, 2.45) is 0 Å². The first-order chi connectivity index (χ1) is 10.3. The monoisotopic (exact) mass is 287 g/mol. The summed E-state index contributed by atoms with van der Waals surface area (Å²) in [4.78, 5) is 16.2. The average Bonchev–Trinajstić information content (AvgIpc) is 3.13. The molecule has 110 valence electrons. The Labute approximate surface area is 122 Å². The van der Waals surface area contributed by atoms with Crippen LogP contribution in [-0.2, 0) is 24.2 Å². The van der Waals surface area contributed by atoms with Gasteiger partial charge in [-0.15, -0.1) is 0 Å². The van der Waals surface area contributed by atoms with E-state index in [4.69, 9.17) is 9.63 Å². The Balaban J connectivity index is 1.53. The van der Waals surface area contributed by atoms with Crippen LogP contribution in [0.5, 0.6) is 0 Å². The number of hydrogen-bond acceptors (Lipinski definition) is 5. The molecule has 1 amide bonds. The molecule has 0 bridgehead atoms. The van der Waals surface area contributed by atoms with Crippen molar-refractivity contribution in [2.45, 2.75) is 31.8 Å². The van der Waals surface area contributed by atoms with Crippen LogP contribution in [0.3, 0.4) is 0 Å². The van der Waals surface area contributed by atoms with Gasteiger partial charge in [0.1, 0.15) is 6.61 Å². The van der Waals surface area contributed by atoms with Crippen LogP contribution in [-0.4, -0.2) is 27.7 Å². The quantitative estimate of drug-likeness (QED) is 0.855. The Hall–Kier alpha value is -2.21. The number of benzene rings is 1. The standard InChI is InChI=1S/C15H17N3O3/c19-9-14-17-13(18-21-14)7-8-16-15(20)12-6-5-10-3-1-2-4-11(10)12/h1-4,12,19H,5-9H2,(H,16,20)/t12-/m0/s1. The fourth-order valence-electron chi connectivity index (χ4n) is 2.71. The molecule has 0 radical (unpaired) electrons. The van der Waals surface area contributed by atoms with Gasteiger partial charge in [0.2, 0.25) is 5.91 Å². The van der Waals surface area contributed by atoms with E-state index in [-0.39, 0.29) is 24.3 Å². The second-order valence-electron chi connectivity index (χ2n) is 5.09. The van der Waals surface area contributed by atoms with Crippen LogP contribution in [0.1, 0.15) is 35.2 Å². The summed E-state index contributed by atoms with van der Waals surface area (Å²) in [5.41, 5.74) is 2.40. The van der Waals surface area contributed by atoms with Gasteiger partial charge in [-0.1, -0.05) is 29.4 Å². The molecule has 1 heterocycles. The largest absolute Gasteiger partial charge is 0.387 e. The number of rotatable bonds is 5. The van der Waals surface area contributed by atoms with Crippen molar-refractivity contribution in [1.82, 2.24) is 15.5 Å². The lowest BCUT2D eigenvalue weighted by Gasteiger charge is -2.11. The lowest BCUT2D eigenvalue weighted by atomic mass is 10.0. The van der Waals surface area contributed by atoms with E-state index in [9.17, 15) is 4.79 Å². The normalized spacial score (nSPS) is 16.7. The third-order valence-electron chi connectivity index (χ3n) is 3.74. The summed E-state index contributed by atoms with van der Waals surface area (Å²) >= 11 is 0. The number of aryl methyl sites for hydroxylation is 1. The highest BCUT2D eigenvalue weighted by Gasteiger charge is 2.27. The maximum atomic E-state index is 12.2. The number of carbonyl (C=O) groups is 1. The van der Waals surface area contributed by atoms with Gasteiger partial charge in [-0.25, -0.2) is 0 Å². The van der Waals surface area contributed by atoms with Gasteiger partial charge >= 0.3 is 0 Å². The molecule has 6 nitrogen and oxygen atoms in total. The first kappa shape index (κ1) is 13.8. The first-order valence-electron chi connectivity index (χ1n) is 7.06. The third-order valence-corrected chi connectivity index (χ3v) is 3.74. The molecular weight excluding hydrogens is 270 g/mol. The maximum Gasteiger partial charge on any atom is 0.252 e. The van der Waals surface area contributed by atoms with Crippen LogP contribution >= 0.6 is 0 Å². The van der Waals surface area contributed by atoms with Crippen molar-refractivity contribution in [1.29, 1.82) is 0 Å². The summed E-state index contributed by atoms with van der Waals surface area (Å²) in [6.07, 6.45) is 2.31. The van der Waals surface area contributed by atoms with E-state index in [0.29, 0.717) is 18.8 Å². The Kier molecular flexibility index (Phi) is 3.96. The van der Waals surface area contributed by atoms with Crippen LogP contribution in [0.25, 0.3) is 0 Å². The molecule has 1 atom stereocenters. The molecule has 2 aromatic rings. The van der Waals surface area contributed by atoms with Gasteiger partial charge < -0.3 is 14.9 Å². The number of aliphatic hydroxyl groups is 1. The molecule has 0 spiro atoms. The molecule has 2 N–H and O–H groups in total. The molecule has 0 unspecified atom stereocenters. The SMILES string of the molecule is O=C(NCCc1noc(CO)n1)[C@H]1CCc2ccccc21. The van der Waals surface area contributed by atoms with Gasteiger partial charge in [0.05, 0.1) is 5.92 Å². The van der Waals surface area contributed by atoms with Crippen LogP contribution in [0, 0.1) is 0 Å². The Morgan fingerprint density at radius 3 is 3.10 bits per heavy atom. The van der Waals surface area contributed by atoms with Crippen molar-refractivity contribution in [2.75, 3.05) is 6.54 Å². The second-order valence-corrected chi connectivity index (χ2v) is 5.09. The zero-order valence-electron chi connectivity index (χ0n) is 11.6. The fourth-order valence-corrected chi connectivity index (χ4v) is 2.71. The van der Waals surface area contributed by atoms with E-state index in [2.05, 4.69) is 21.5 Å². The van der Waals surface area contributed by atoms with E-state index < -0.39 is 0 Å². The highest BCUT2D eigenvalue weighted by atomic mass is 16.5. The number of hydrogen-bond donors (Lipinski definition) is 2. The summed E-state index contributed by atoms with van der Waals surface area (Å²) in [5, 5.41) is 15.5. The molecule has 0 aliphatic heterocycles. The predicted octanol–water partition coefficient (Wildman–Crippen LogP) is 0.951. The molecule has 1 aliphatic carbocycles. The minimum atomic E-state index is -0.266. The summed E-state index contributed by atoms with van der Waals surface area (Å²) in [6.45, 7) is 0.195. The number of amides is 1. The molecule has 1 aromatic heterocycles. The maximum absolute atomic E-state index is 12.2. The zero-order valence-corrected chi connectivity index (χ0v) is 11.6. The van der Waals surface area contributed by atoms with E-state index in [1.54, 1.807) is 0 Å². The molecule has 6 heteroatoms. The number of aromatic nitrogens is 2. The molecule has 3 rings (SSSR count). The van der Waals surface area contributed by atoms with Gasteiger partial charge in [-0.2, -0.15) is 4.98 Å². The van der Waals surface area contributed by atoms with Crippen LogP contribution < -0.4 is 5.32 Å². The molecule has 1 aromatic carbocycles. The van der Waals surface area contributed by atoms with Crippen LogP contribution in [0.15, 0.2) is 28.8 Å². The van der Waals surface area contributed by atoms with Gasteiger partial charge in [0.15, 0.2) is 5.82 Å². The smallest absolute Gasteiger partial charge is 0.252 e. The van der Waals surface area contributed by atoms with Gasteiger partial charge in [0.25, 0.3) is 5.89 Å². The minimum Gasteiger partial charge on any atom is -0.387 e. The lowest BCUT2D eigenvalue weighted by Crippen LogP contribution is -2.30. The van der Waals surface area contributed by atoms with Crippen molar-refractivity contribution < 1.29 is 14.4 Å². The van der Waals surface area contributed by atoms with Crippen molar-refractivity contribution in [3.63, 3.8) is 0 Å². The fraction of sp³-hybridized carbons (Fsp3) is 0.400. The Bertz CT molecular complexity index is 639. The number of carbonyl (C=O) groups excluding carboxylic acids is 1. The second kappa shape index (κ2) is 6.05. The summed E-state index contributed by atoms with van der Waals surface area (Å²) in [5.74, 6) is 0.678. The number of fused-ring (bicyclic) bond motifs is 1. The van der Waals surface area contributed by atoms with E-state index >= 15 is 0 Å². The molecule has 0 fully saturated rings. The van der Waals surface area contributed by atoms with Gasteiger partial charge in [0, 0.05) is 13.0 Å². The van der Waals surface area contributed by atoms with Gasteiger partial charge in [-0.05, 0) is 24.0 Å². The molecule has 21 heavy (non-hydrogen) atoms. The lowest BCUT2D eigenvalue weighted by molar-refractivity contribution is -0.122. The molecule has 1 aliphatic rings. The topological polar surface area (TPSA) is 88.2 Å².